The highest BCUT2D eigenvalue weighted by Gasteiger charge is 2.14. The predicted octanol–water partition coefficient (Wildman–Crippen LogP) is 5.33. The summed E-state index contributed by atoms with van der Waals surface area (Å²) in [7, 11) is 0. The van der Waals surface area contributed by atoms with Gasteiger partial charge in [-0.25, -0.2) is 0 Å². The van der Waals surface area contributed by atoms with E-state index < -0.39 is 0 Å². The van der Waals surface area contributed by atoms with Gasteiger partial charge in [0.1, 0.15) is 0 Å². The maximum absolute atomic E-state index is 4.77. The standard InChI is InChI=1S/C19H21N/c1-2-3-7-15-12-13-19(20-14-15)18-11-6-9-16-8-4-5-10-17(16)18/h4-6,8-15,19H,2-3,7H2,1H3. The minimum Gasteiger partial charge on any atom is -0.285 e. The highest BCUT2D eigenvalue weighted by atomic mass is 14.8. The van der Waals surface area contributed by atoms with Gasteiger partial charge >= 0.3 is 0 Å². The Hall–Kier alpha value is -1.89. The zero-order valence-electron chi connectivity index (χ0n) is 12.0. The predicted molar refractivity (Wildman–Crippen MR) is 87.3 cm³/mol. The number of dihydropyridines is 1. The van der Waals surface area contributed by atoms with Crippen molar-refractivity contribution < 1.29 is 0 Å². The molecule has 1 aliphatic heterocycles. The van der Waals surface area contributed by atoms with Crippen molar-refractivity contribution in [1.82, 2.24) is 0 Å². The first-order valence-electron chi connectivity index (χ1n) is 7.58. The summed E-state index contributed by atoms with van der Waals surface area (Å²) in [6.45, 7) is 2.24. The number of hydrogen-bond donors (Lipinski definition) is 0. The van der Waals surface area contributed by atoms with Crippen LogP contribution in [0, 0.1) is 5.92 Å². The molecule has 0 amide bonds. The average Bonchev–Trinajstić information content (AvgIpc) is 2.53. The Kier molecular flexibility index (Phi) is 3.96. The lowest BCUT2D eigenvalue weighted by molar-refractivity contribution is 0.658. The van der Waals surface area contributed by atoms with Crippen molar-refractivity contribution >= 4 is 17.0 Å². The van der Waals surface area contributed by atoms with E-state index in [1.807, 2.05) is 0 Å². The summed E-state index contributed by atoms with van der Waals surface area (Å²) in [5, 5.41) is 2.61. The Morgan fingerprint density at radius 1 is 1.00 bits per heavy atom. The molecule has 0 N–H and O–H groups in total. The fourth-order valence-corrected chi connectivity index (χ4v) is 2.85. The lowest BCUT2D eigenvalue weighted by atomic mass is 9.94. The summed E-state index contributed by atoms with van der Waals surface area (Å²) in [5.41, 5.74) is 1.31. The van der Waals surface area contributed by atoms with E-state index >= 15 is 0 Å². The Morgan fingerprint density at radius 2 is 1.85 bits per heavy atom. The number of unbranched alkanes of at least 4 members (excludes halogenated alkanes) is 1. The normalized spacial score (nSPS) is 21.4. The minimum atomic E-state index is 0.180. The van der Waals surface area contributed by atoms with Crippen molar-refractivity contribution in [1.29, 1.82) is 0 Å². The van der Waals surface area contributed by atoms with Crippen LogP contribution in [-0.4, -0.2) is 6.21 Å². The fraction of sp³-hybridized carbons (Fsp3) is 0.316. The van der Waals surface area contributed by atoms with Crippen molar-refractivity contribution in [3.63, 3.8) is 0 Å². The summed E-state index contributed by atoms with van der Waals surface area (Å²) in [4.78, 5) is 4.77. The topological polar surface area (TPSA) is 12.4 Å². The lowest BCUT2D eigenvalue weighted by Gasteiger charge is -2.18. The smallest absolute Gasteiger partial charge is 0.0932 e. The second-order valence-electron chi connectivity index (χ2n) is 5.50. The Labute approximate surface area is 121 Å². The fourth-order valence-electron chi connectivity index (χ4n) is 2.85. The maximum Gasteiger partial charge on any atom is 0.0932 e. The third-order valence-corrected chi connectivity index (χ3v) is 4.01. The van der Waals surface area contributed by atoms with Crippen LogP contribution in [0.2, 0.25) is 0 Å². The monoisotopic (exact) mass is 263 g/mol. The Morgan fingerprint density at radius 3 is 2.65 bits per heavy atom. The van der Waals surface area contributed by atoms with Crippen LogP contribution in [0.4, 0.5) is 0 Å². The molecule has 0 radical (unpaired) electrons. The van der Waals surface area contributed by atoms with Gasteiger partial charge < -0.3 is 0 Å². The molecule has 1 heterocycles. The van der Waals surface area contributed by atoms with Gasteiger partial charge in [-0.05, 0) is 22.8 Å². The molecule has 0 spiro atoms. The number of hydrogen-bond acceptors (Lipinski definition) is 1. The molecule has 0 fully saturated rings. The summed E-state index contributed by atoms with van der Waals surface area (Å²) in [6, 6.07) is 15.2. The first-order chi connectivity index (χ1) is 9.88. The number of fused-ring (bicyclic) bond motifs is 1. The number of nitrogens with zero attached hydrogens (tertiary/aromatic N) is 1. The van der Waals surface area contributed by atoms with Gasteiger partial charge in [-0.15, -0.1) is 0 Å². The molecule has 0 bridgehead atoms. The zero-order chi connectivity index (χ0) is 13.8. The van der Waals surface area contributed by atoms with Gasteiger partial charge in [-0.1, -0.05) is 74.4 Å². The van der Waals surface area contributed by atoms with E-state index in [9.17, 15) is 0 Å². The van der Waals surface area contributed by atoms with Gasteiger partial charge in [0, 0.05) is 12.1 Å². The highest BCUT2D eigenvalue weighted by molar-refractivity contribution is 5.86. The largest absolute Gasteiger partial charge is 0.285 e. The molecule has 2 aromatic rings. The molecule has 0 saturated carbocycles. The molecule has 2 aromatic carbocycles. The molecule has 0 aromatic heterocycles. The van der Waals surface area contributed by atoms with Crippen LogP contribution in [0.25, 0.3) is 10.8 Å². The molecular formula is C19H21N. The zero-order valence-corrected chi connectivity index (χ0v) is 12.0. The third-order valence-electron chi connectivity index (χ3n) is 4.01. The Balaban J connectivity index is 1.85. The second-order valence-corrected chi connectivity index (χ2v) is 5.50. The van der Waals surface area contributed by atoms with E-state index in [-0.39, 0.29) is 6.04 Å². The second kappa shape index (κ2) is 6.04. The first-order valence-corrected chi connectivity index (χ1v) is 7.58. The third kappa shape index (κ3) is 2.67. The molecule has 1 heteroatoms. The number of aliphatic imine (C=N–C) groups is 1. The van der Waals surface area contributed by atoms with Crippen molar-refractivity contribution in [2.75, 3.05) is 0 Å². The van der Waals surface area contributed by atoms with E-state index in [4.69, 9.17) is 4.99 Å². The highest BCUT2D eigenvalue weighted by Crippen LogP contribution is 2.30. The molecule has 2 atom stereocenters. The Bertz CT molecular complexity index is 620. The number of benzene rings is 2. The van der Waals surface area contributed by atoms with Crippen LogP contribution in [0.1, 0.15) is 37.8 Å². The minimum absolute atomic E-state index is 0.180. The van der Waals surface area contributed by atoms with E-state index in [1.54, 1.807) is 0 Å². The van der Waals surface area contributed by atoms with Crippen LogP contribution in [-0.2, 0) is 0 Å². The van der Waals surface area contributed by atoms with E-state index in [0.29, 0.717) is 5.92 Å². The van der Waals surface area contributed by atoms with Crippen molar-refractivity contribution in [2.24, 2.45) is 10.9 Å². The van der Waals surface area contributed by atoms with Crippen LogP contribution in [0.3, 0.4) is 0 Å². The van der Waals surface area contributed by atoms with Gasteiger partial charge in [-0.2, -0.15) is 0 Å². The molecule has 1 nitrogen and oxygen atoms in total. The summed E-state index contributed by atoms with van der Waals surface area (Å²) >= 11 is 0. The molecule has 2 unspecified atom stereocenters. The van der Waals surface area contributed by atoms with Crippen molar-refractivity contribution in [3.8, 4) is 0 Å². The summed E-state index contributed by atoms with van der Waals surface area (Å²) < 4.78 is 0. The van der Waals surface area contributed by atoms with Gasteiger partial charge in [0.25, 0.3) is 0 Å². The molecular weight excluding hydrogens is 242 g/mol. The lowest BCUT2D eigenvalue weighted by Crippen LogP contribution is -2.06. The summed E-state index contributed by atoms with van der Waals surface area (Å²) in [6.07, 6.45) is 10.5. The SMILES string of the molecule is CCCCC1C=CC(c2cccc3ccccc23)N=C1. The van der Waals surface area contributed by atoms with Gasteiger partial charge in [0.2, 0.25) is 0 Å². The van der Waals surface area contributed by atoms with Crippen LogP contribution in [0.5, 0.6) is 0 Å². The van der Waals surface area contributed by atoms with E-state index in [0.717, 1.165) is 0 Å². The first kappa shape index (κ1) is 13.1. The molecule has 3 rings (SSSR count). The quantitative estimate of drug-likeness (QED) is 0.661. The van der Waals surface area contributed by atoms with E-state index in [1.165, 1.54) is 35.6 Å². The molecule has 0 saturated heterocycles. The molecule has 0 aliphatic carbocycles. The number of allylic oxidation sites excluding steroid dienone is 1. The van der Waals surface area contributed by atoms with E-state index in [2.05, 4.69) is 67.8 Å². The van der Waals surface area contributed by atoms with Crippen molar-refractivity contribution in [2.45, 2.75) is 32.2 Å². The van der Waals surface area contributed by atoms with Crippen LogP contribution >= 0.6 is 0 Å². The van der Waals surface area contributed by atoms with Gasteiger partial charge in [0.05, 0.1) is 6.04 Å². The van der Waals surface area contributed by atoms with Gasteiger partial charge in [-0.3, -0.25) is 4.99 Å². The van der Waals surface area contributed by atoms with Crippen LogP contribution < -0.4 is 0 Å². The summed E-state index contributed by atoms with van der Waals surface area (Å²) in [5.74, 6) is 0.529. The number of rotatable bonds is 4. The average molecular weight is 263 g/mol. The maximum atomic E-state index is 4.77. The van der Waals surface area contributed by atoms with Crippen LogP contribution in [0.15, 0.2) is 59.6 Å². The van der Waals surface area contributed by atoms with Gasteiger partial charge in [0.15, 0.2) is 0 Å². The molecule has 20 heavy (non-hydrogen) atoms. The van der Waals surface area contributed by atoms with Crippen molar-refractivity contribution in [3.05, 3.63) is 60.2 Å². The molecule has 102 valence electrons. The molecule has 1 aliphatic rings.